The summed E-state index contributed by atoms with van der Waals surface area (Å²) in [5.74, 6) is 0.206. The number of hydrogen-bond donors (Lipinski definition) is 0. The molecule has 0 N–H and O–H groups in total. The van der Waals surface area contributed by atoms with Gasteiger partial charge in [-0.2, -0.15) is 0 Å². The van der Waals surface area contributed by atoms with Gasteiger partial charge in [0.05, 0.1) is 11.2 Å². The lowest BCUT2D eigenvalue weighted by molar-refractivity contribution is -0.136. The molecule has 0 aliphatic rings. The molecule has 0 aromatic heterocycles. The highest BCUT2D eigenvalue weighted by atomic mass is 16.5. The summed E-state index contributed by atoms with van der Waals surface area (Å²) in [5.41, 5.74) is 4.16. The first-order valence-electron chi connectivity index (χ1n) is 11.8. The Hall–Kier alpha value is -3.16. The van der Waals surface area contributed by atoms with Crippen LogP contribution in [0.5, 0.6) is 0 Å². The van der Waals surface area contributed by atoms with Crippen molar-refractivity contribution in [1.29, 1.82) is 0 Å². The molecule has 1 nitrogen and oxygen atoms in total. The van der Waals surface area contributed by atoms with Crippen molar-refractivity contribution in [3.63, 3.8) is 0 Å². The van der Waals surface area contributed by atoms with Crippen LogP contribution in [0, 0.1) is 0 Å². The number of ether oxygens (including phenoxy) is 1. The third-order valence-corrected chi connectivity index (χ3v) is 6.45. The molecule has 0 spiro atoms. The third kappa shape index (κ3) is 5.26. The molecule has 0 aliphatic carbocycles. The first-order valence-corrected chi connectivity index (χ1v) is 11.8. The molecule has 168 valence electrons. The first kappa shape index (κ1) is 23.0. The molecule has 4 aromatic carbocycles. The van der Waals surface area contributed by atoms with Crippen molar-refractivity contribution in [3.05, 3.63) is 144 Å². The molecule has 33 heavy (non-hydrogen) atoms. The Morgan fingerprint density at radius 2 is 0.606 bits per heavy atom. The summed E-state index contributed by atoms with van der Waals surface area (Å²) in [4.78, 5) is 0. The van der Waals surface area contributed by atoms with Crippen LogP contribution in [0.4, 0.5) is 0 Å². The molecule has 0 amide bonds. The molecule has 4 rings (SSSR count). The van der Waals surface area contributed by atoms with Crippen molar-refractivity contribution in [2.24, 2.45) is 0 Å². The smallest absolute Gasteiger partial charge is 0.0742 e. The third-order valence-electron chi connectivity index (χ3n) is 6.45. The SMILES string of the molecule is CC(C)(OC(C)(C)C(c1ccccc1)c1ccccc1)C(c1ccccc1)c1ccccc1. The van der Waals surface area contributed by atoms with Gasteiger partial charge in [0.15, 0.2) is 0 Å². The van der Waals surface area contributed by atoms with E-state index in [-0.39, 0.29) is 11.8 Å². The Bertz CT molecular complexity index is 944. The molecule has 0 bridgehead atoms. The van der Waals surface area contributed by atoms with Crippen LogP contribution in [0.15, 0.2) is 121 Å². The van der Waals surface area contributed by atoms with E-state index in [1.165, 1.54) is 22.3 Å². The number of rotatable bonds is 8. The summed E-state index contributed by atoms with van der Waals surface area (Å²) >= 11 is 0. The molecular formula is C32H34O. The van der Waals surface area contributed by atoms with Crippen LogP contribution >= 0.6 is 0 Å². The van der Waals surface area contributed by atoms with Crippen molar-refractivity contribution in [1.82, 2.24) is 0 Å². The lowest BCUT2D eigenvalue weighted by Crippen LogP contribution is -2.45. The standard InChI is InChI=1S/C32H34O/c1-31(2,29(25-17-9-5-10-18-25)26-19-11-6-12-20-26)33-32(3,4)30(27-21-13-7-14-22-27)28-23-15-8-16-24-28/h5-24,29-30H,1-4H3. The Balaban J connectivity index is 1.76. The van der Waals surface area contributed by atoms with Gasteiger partial charge in [-0.1, -0.05) is 121 Å². The maximum atomic E-state index is 7.17. The van der Waals surface area contributed by atoms with Crippen LogP contribution in [0.2, 0.25) is 0 Å². The topological polar surface area (TPSA) is 9.23 Å². The Morgan fingerprint density at radius 1 is 0.394 bits per heavy atom. The van der Waals surface area contributed by atoms with Gasteiger partial charge in [-0.05, 0) is 49.9 Å². The van der Waals surface area contributed by atoms with Gasteiger partial charge in [0.2, 0.25) is 0 Å². The van der Waals surface area contributed by atoms with E-state index in [9.17, 15) is 0 Å². The highest BCUT2D eigenvalue weighted by Gasteiger charge is 2.42. The summed E-state index contributed by atoms with van der Waals surface area (Å²) in [6, 6.07) is 42.9. The monoisotopic (exact) mass is 434 g/mol. The molecule has 0 saturated carbocycles. The van der Waals surface area contributed by atoms with E-state index in [0.717, 1.165) is 0 Å². The van der Waals surface area contributed by atoms with Crippen LogP contribution in [-0.2, 0) is 4.74 Å². The zero-order valence-corrected chi connectivity index (χ0v) is 20.1. The van der Waals surface area contributed by atoms with Gasteiger partial charge in [-0.15, -0.1) is 0 Å². The summed E-state index contributed by atoms with van der Waals surface area (Å²) in [7, 11) is 0. The predicted octanol–water partition coefficient (Wildman–Crippen LogP) is 8.22. The second-order valence-corrected chi connectivity index (χ2v) is 9.82. The molecule has 0 aliphatic heterocycles. The van der Waals surface area contributed by atoms with Crippen molar-refractivity contribution in [3.8, 4) is 0 Å². The highest BCUT2D eigenvalue weighted by Crippen LogP contribution is 2.45. The van der Waals surface area contributed by atoms with Gasteiger partial charge in [-0.3, -0.25) is 0 Å². The molecule has 0 radical (unpaired) electrons. The summed E-state index contributed by atoms with van der Waals surface area (Å²) in [5, 5.41) is 0. The highest BCUT2D eigenvalue weighted by molar-refractivity contribution is 5.38. The normalized spacial score (nSPS) is 12.3. The van der Waals surface area contributed by atoms with Gasteiger partial charge in [-0.25, -0.2) is 0 Å². The van der Waals surface area contributed by atoms with E-state index in [1.54, 1.807) is 0 Å². The van der Waals surface area contributed by atoms with Gasteiger partial charge in [0.1, 0.15) is 0 Å². The van der Waals surface area contributed by atoms with Crippen molar-refractivity contribution in [2.45, 2.75) is 50.7 Å². The average molecular weight is 435 g/mol. The maximum Gasteiger partial charge on any atom is 0.0742 e. The van der Waals surface area contributed by atoms with E-state index in [0.29, 0.717) is 0 Å². The largest absolute Gasteiger partial charge is 0.368 e. The van der Waals surface area contributed by atoms with Gasteiger partial charge in [0.25, 0.3) is 0 Å². The summed E-state index contributed by atoms with van der Waals surface area (Å²) in [6.45, 7) is 8.91. The van der Waals surface area contributed by atoms with E-state index >= 15 is 0 Å². The van der Waals surface area contributed by atoms with Crippen LogP contribution in [0.3, 0.4) is 0 Å². The minimum Gasteiger partial charge on any atom is -0.368 e. The minimum absolute atomic E-state index is 0.103. The quantitative estimate of drug-likeness (QED) is 0.271. The number of hydrogen-bond acceptors (Lipinski definition) is 1. The molecule has 0 unspecified atom stereocenters. The van der Waals surface area contributed by atoms with E-state index in [4.69, 9.17) is 4.74 Å². The molecule has 4 aromatic rings. The lowest BCUT2D eigenvalue weighted by Gasteiger charge is -2.45. The van der Waals surface area contributed by atoms with Gasteiger partial charge in [0, 0.05) is 11.8 Å². The molecule has 0 fully saturated rings. The van der Waals surface area contributed by atoms with Gasteiger partial charge >= 0.3 is 0 Å². The molecule has 0 saturated heterocycles. The van der Waals surface area contributed by atoms with Crippen molar-refractivity contribution >= 4 is 0 Å². The molecular weight excluding hydrogens is 400 g/mol. The van der Waals surface area contributed by atoms with E-state index < -0.39 is 11.2 Å². The fourth-order valence-corrected chi connectivity index (χ4v) is 5.37. The van der Waals surface area contributed by atoms with Crippen LogP contribution in [0.1, 0.15) is 61.8 Å². The fraction of sp³-hybridized carbons (Fsp3) is 0.250. The summed E-state index contributed by atoms with van der Waals surface area (Å²) < 4.78 is 7.17. The van der Waals surface area contributed by atoms with Crippen LogP contribution in [0.25, 0.3) is 0 Å². The molecule has 1 heteroatoms. The lowest BCUT2D eigenvalue weighted by atomic mass is 9.76. The summed E-state index contributed by atoms with van der Waals surface area (Å²) in [6.07, 6.45) is 0. The second kappa shape index (κ2) is 9.77. The Kier molecular flexibility index (Phi) is 6.81. The van der Waals surface area contributed by atoms with Crippen molar-refractivity contribution < 1.29 is 4.74 Å². The average Bonchev–Trinajstić information content (AvgIpc) is 2.81. The Morgan fingerprint density at radius 3 is 0.818 bits per heavy atom. The fourth-order valence-electron chi connectivity index (χ4n) is 5.37. The van der Waals surface area contributed by atoms with E-state index in [1.807, 2.05) is 0 Å². The molecule has 0 heterocycles. The second-order valence-electron chi connectivity index (χ2n) is 9.82. The maximum absolute atomic E-state index is 7.17. The van der Waals surface area contributed by atoms with Crippen molar-refractivity contribution in [2.75, 3.05) is 0 Å². The molecule has 0 atom stereocenters. The van der Waals surface area contributed by atoms with E-state index in [2.05, 4.69) is 149 Å². The first-order chi connectivity index (χ1) is 15.9. The Labute approximate surface area is 199 Å². The minimum atomic E-state index is -0.450. The van der Waals surface area contributed by atoms with Crippen LogP contribution in [-0.4, -0.2) is 11.2 Å². The zero-order chi connectivity index (χ0) is 23.3. The predicted molar refractivity (Wildman–Crippen MR) is 139 cm³/mol. The zero-order valence-electron chi connectivity index (χ0n) is 20.1. The van der Waals surface area contributed by atoms with Gasteiger partial charge < -0.3 is 4.74 Å². The number of benzene rings is 4. The van der Waals surface area contributed by atoms with Crippen LogP contribution < -0.4 is 0 Å².